The molecule has 5 heteroatoms. The number of rotatable bonds is 3. The summed E-state index contributed by atoms with van der Waals surface area (Å²) in [5, 5.41) is 0. The zero-order chi connectivity index (χ0) is 12.3. The SMILES string of the molecule is C=CCOC(=O)N1CCc2nc[nH]c2C1CC. The number of carbonyl (C=O) groups excluding carboxylic acids is 1. The van der Waals surface area contributed by atoms with E-state index in [9.17, 15) is 4.79 Å². The number of ether oxygens (including phenoxy) is 1. The molecule has 17 heavy (non-hydrogen) atoms. The van der Waals surface area contributed by atoms with Crippen LogP contribution in [0.4, 0.5) is 4.79 Å². The van der Waals surface area contributed by atoms with Gasteiger partial charge in [0.1, 0.15) is 6.61 Å². The molecule has 0 radical (unpaired) electrons. The molecule has 0 saturated heterocycles. The van der Waals surface area contributed by atoms with Crippen LogP contribution in [0.25, 0.3) is 0 Å². The fraction of sp³-hybridized carbons (Fsp3) is 0.500. The number of hydrogen-bond acceptors (Lipinski definition) is 3. The van der Waals surface area contributed by atoms with Crippen LogP contribution in [0.15, 0.2) is 19.0 Å². The Balaban J connectivity index is 2.14. The number of nitrogens with zero attached hydrogens (tertiary/aromatic N) is 2. The Bertz CT molecular complexity index is 414. The van der Waals surface area contributed by atoms with Gasteiger partial charge in [-0.3, -0.25) is 4.90 Å². The Morgan fingerprint density at radius 2 is 2.65 bits per heavy atom. The second kappa shape index (κ2) is 5.03. The Labute approximate surface area is 100 Å². The van der Waals surface area contributed by atoms with Gasteiger partial charge in [-0.1, -0.05) is 19.6 Å². The third-order valence-electron chi connectivity index (χ3n) is 3.00. The van der Waals surface area contributed by atoms with E-state index in [1.807, 2.05) is 6.92 Å². The predicted octanol–water partition coefficient (Wildman–Crippen LogP) is 2.04. The van der Waals surface area contributed by atoms with E-state index in [0.717, 1.165) is 24.2 Å². The number of aromatic amines is 1. The molecule has 1 atom stereocenters. The molecule has 5 nitrogen and oxygen atoms in total. The third-order valence-corrected chi connectivity index (χ3v) is 3.00. The quantitative estimate of drug-likeness (QED) is 0.816. The summed E-state index contributed by atoms with van der Waals surface area (Å²) < 4.78 is 5.09. The molecule has 1 aliphatic heterocycles. The van der Waals surface area contributed by atoms with E-state index in [2.05, 4.69) is 16.5 Å². The molecule has 0 spiro atoms. The second-order valence-corrected chi connectivity index (χ2v) is 4.00. The molecule has 0 fully saturated rings. The van der Waals surface area contributed by atoms with Gasteiger partial charge < -0.3 is 9.72 Å². The summed E-state index contributed by atoms with van der Waals surface area (Å²) in [4.78, 5) is 21.0. The summed E-state index contributed by atoms with van der Waals surface area (Å²) in [5.41, 5.74) is 2.10. The molecule has 0 aromatic carbocycles. The Morgan fingerprint density at radius 1 is 1.82 bits per heavy atom. The lowest BCUT2D eigenvalue weighted by atomic mass is 10.0. The average molecular weight is 235 g/mol. The molecule has 1 aromatic heterocycles. The maximum absolute atomic E-state index is 11.9. The van der Waals surface area contributed by atoms with E-state index in [4.69, 9.17) is 4.74 Å². The highest BCUT2D eigenvalue weighted by atomic mass is 16.6. The number of amides is 1. The van der Waals surface area contributed by atoms with Gasteiger partial charge in [0.2, 0.25) is 0 Å². The number of imidazole rings is 1. The fourth-order valence-electron chi connectivity index (χ4n) is 2.21. The minimum atomic E-state index is -0.281. The van der Waals surface area contributed by atoms with E-state index in [1.165, 1.54) is 0 Å². The van der Waals surface area contributed by atoms with Crippen LogP contribution in [0.2, 0.25) is 0 Å². The molecule has 1 unspecified atom stereocenters. The Hall–Kier alpha value is -1.78. The van der Waals surface area contributed by atoms with Crippen molar-refractivity contribution in [1.82, 2.24) is 14.9 Å². The van der Waals surface area contributed by atoms with Gasteiger partial charge in [0, 0.05) is 13.0 Å². The highest BCUT2D eigenvalue weighted by Crippen LogP contribution is 2.30. The van der Waals surface area contributed by atoms with Gasteiger partial charge in [-0.05, 0) is 6.42 Å². The van der Waals surface area contributed by atoms with Crippen molar-refractivity contribution >= 4 is 6.09 Å². The highest BCUT2D eigenvalue weighted by molar-refractivity contribution is 5.68. The maximum Gasteiger partial charge on any atom is 0.410 e. The topological polar surface area (TPSA) is 58.2 Å². The van der Waals surface area contributed by atoms with E-state index in [0.29, 0.717) is 6.54 Å². The van der Waals surface area contributed by atoms with E-state index >= 15 is 0 Å². The van der Waals surface area contributed by atoms with Crippen molar-refractivity contribution in [3.05, 3.63) is 30.4 Å². The Kier molecular flexibility index (Phi) is 3.46. The number of nitrogens with one attached hydrogen (secondary N) is 1. The summed E-state index contributed by atoms with van der Waals surface area (Å²) in [6, 6.07) is 0.0403. The van der Waals surface area contributed by atoms with Gasteiger partial charge in [0.15, 0.2) is 0 Å². The molecule has 2 rings (SSSR count). The second-order valence-electron chi connectivity index (χ2n) is 4.00. The maximum atomic E-state index is 11.9. The summed E-state index contributed by atoms with van der Waals surface area (Å²) >= 11 is 0. The van der Waals surface area contributed by atoms with Crippen molar-refractivity contribution in [1.29, 1.82) is 0 Å². The molecule has 1 amide bonds. The van der Waals surface area contributed by atoms with Gasteiger partial charge in [-0.25, -0.2) is 9.78 Å². The van der Waals surface area contributed by atoms with Gasteiger partial charge in [0.25, 0.3) is 0 Å². The Morgan fingerprint density at radius 3 is 3.35 bits per heavy atom. The van der Waals surface area contributed by atoms with Crippen molar-refractivity contribution in [2.75, 3.05) is 13.2 Å². The predicted molar refractivity (Wildman–Crippen MR) is 63.6 cm³/mol. The van der Waals surface area contributed by atoms with E-state index in [-0.39, 0.29) is 18.7 Å². The molecule has 0 saturated carbocycles. The van der Waals surface area contributed by atoms with Crippen LogP contribution in [0.1, 0.15) is 30.8 Å². The summed E-state index contributed by atoms with van der Waals surface area (Å²) in [6.07, 6.45) is 4.60. The molecule has 1 aromatic rings. The largest absolute Gasteiger partial charge is 0.445 e. The normalized spacial score (nSPS) is 18.6. The molecular formula is C12H17N3O2. The lowest BCUT2D eigenvalue weighted by Crippen LogP contribution is -2.40. The zero-order valence-corrected chi connectivity index (χ0v) is 9.98. The lowest BCUT2D eigenvalue weighted by molar-refractivity contribution is 0.0888. The molecular weight excluding hydrogens is 218 g/mol. The van der Waals surface area contributed by atoms with E-state index < -0.39 is 0 Å². The van der Waals surface area contributed by atoms with Crippen molar-refractivity contribution in [2.45, 2.75) is 25.8 Å². The summed E-state index contributed by atoms with van der Waals surface area (Å²) in [5.74, 6) is 0. The number of hydrogen-bond donors (Lipinski definition) is 1. The van der Waals surface area contributed by atoms with Crippen molar-refractivity contribution in [2.24, 2.45) is 0 Å². The monoisotopic (exact) mass is 235 g/mol. The summed E-state index contributed by atoms with van der Waals surface area (Å²) in [6.45, 7) is 6.49. The molecule has 1 aliphatic rings. The minimum absolute atomic E-state index is 0.0403. The third kappa shape index (κ3) is 2.18. The molecule has 1 N–H and O–H groups in total. The van der Waals surface area contributed by atoms with Crippen LogP contribution < -0.4 is 0 Å². The van der Waals surface area contributed by atoms with Crippen LogP contribution in [0, 0.1) is 0 Å². The standard InChI is InChI=1S/C12H17N3O2/c1-3-7-17-12(16)15-6-5-9-11(10(15)4-2)14-8-13-9/h3,8,10H,1,4-7H2,2H3,(H,13,14). The van der Waals surface area contributed by atoms with Gasteiger partial charge in [-0.2, -0.15) is 0 Å². The smallest absolute Gasteiger partial charge is 0.410 e. The van der Waals surface area contributed by atoms with Crippen molar-refractivity contribution < 1.29 is 9.53 Å². The van der Waals surface area contributed by atoms with Crippen LogP contribution >= 0.6 is 0 Å². The number of carbonyl (C=O) groups is 1. The first-order valence-corrected chi connectivity index (χ1v) is 5.84. The molecule has 92 valence electrons. The fourth-order valence-corrected chi connectivity index (χ4v) is 2.21. The average Bonchev–Trinajstić information content (AvgIpc) is 2.82. The lowest BCUT2D eigenvalue weighted by Gasteiger charge is -2.33. The number of aromatic nitrogens is 2. The number of H-pyrrole nitrogens is 1. The van der Waals surface area contributed by atoms with Crippen LogP contribution in [0.5, 0.6) is 0 Å². The molecule has 0 bridgehead atoms. The van der Waals surface area contributed by atoms with Gasteiger partial charge in [0.05, 0.1) is 23.8 Å². The first kappa shape index (κ1) is 11.7. The minimum Gasteiger partial charge on any atom is -0.445 e. The van der Waals surface area contributed by atoms with Crippen LogP contribution in [-0.4, -0.2) is 34.1 Å². The van der Waals surface area contributed by atoms with Gasteiger partial charge in [-0.15, -0.1) is 0 Å². The first-order valence-electron chi connectivity index (χ1n) is 5.84. The molecule has 2 heterocycles. The van der Waals surface area contributed by atoms with Crippen molar-refractivity contribution in [3.63, 3.8) is 0 Å². The van der Waals surface area contributed by atoms with Crippen LogP contribution in [0.3, 0.4) is 0 Å². The first-order chi connectivity index (χ1) is 8.27. The van der Waals surface area contributed by atoms with Crippen LogP contribution in [-0.2, 0) is 11.2 Å². The zero-order valence-electron chi connectivity index (χ0n) is 9.98. The van der Waals surface area contributed by atoms with E-state index in [1.54, 1.807) is 17.3 Å². The number of fused-ring (bicyclic) bond motifs is 1. The highest BCUT2D eigenvalue weighted by Gasteiger charge is 2.31. The van der Waals surface area contributed by atoms with Gasteiger partial charge >= 0.3 is 6.09 Å². The van der Waals surface area contributed by atoms with Crippen molar-refractivity contribution in [3.8, 4) is 0 Å². The molecule has 0 aliphatic carbocycles. The summed E-state index contributed by atoms with van der Waals surface area (Å²) in [7, 11) is 0.